The summed E-state index contributed by atoms with van der Waals surface area (Å²) >= 11 is 0. The van der Waals surface area contributed by atoms with Gasteiger partial charge in [0.1, 0.15) is 0 Å². The molecule has 3 aliphatic carbocycles. The topological polar surface area (TPSA) is 38.7 Å². The van der Waals surface area contributed by atoms with E-state index >= 15 is 0 Å². The second kappa shape index (κ2) is 27.0. The summed E-state index contributed by atoms with van der Waals surface area (Å²) in [4.78, 5) is 14.9. The predicted molar refractivity (Wildman–Crippen MR) is 453 cm³/mol. The molecule has 16 aromatic rings. The molecule has 0 unspecified atom stereocenters. The first kappa shape index (κ1) is 69.7. The average molecular weight is 1590 g/mol. The van der Waals surface area contributed by atoms with Crippen LogP contribution in [0.3, 0.4) is 0 Å². The Morgan fingerprint density at radius 3 is 0.845 bits per heavy atom. The molecule has 0 atom stereocenters. The van der Waals surface area contributed by atoms with Gasteiger partial charge in [0.25, 0.3) is 0 Å². The third-order valence-corrected chi connectivity index (χ3v) is 23.8. The van der Waals surface area contributed by atoms with Gasteiger partial charge in [-0.2, -0.15) is 0 Å². The van der Waals surface area contributed by atoms with Crippen molar-refractivity contribution in [2.45, 2.75) is 84.0 Å². The van der Waals surface area contributed by atoms with Crippen LogP contribution in [0.4, 0.5) is 0 Å². The Bertz CT molecular complexity index is 6110. The molecule has 0 saturated carbocycles. The molecule has 0 aliphatic heterocycles. The van der Waals surface area contributed by atoms with E-state index in [0.29, 0.717) is 0 Å². The van der Waals surface area contributed by atoms with E-state index in [2.05, 4.69) is 372 Å². The molecule has 0 saturated heterocycles. The summed E-state index contributed by atoms with van der Waals surface area (Å²) in [5.74, 6) is 0. The zero-order valence-electron chi connectivity index (χ0n) is 63.3. The molecular formula is C106H80IrN3. The number of benzene rings is 13. The monoisotopic (exact) mass is 1590 g/mol. The third-order valence-electron chi connectivity index (χ3n) is 23.8. The molecule has 3 aromatic heterocycles. The van der Waals surface area contributed by atoms with Gasteiger partial charge in [0.2, 0.25) is 0 Å². The van der Waals surface area contributed by atoms with Crippen molar-refractivity contribution >= 4 is 0 Å². The van der Waals surface area contributed by atoms with Crippen LogP contribution < -0.4 is 0 Å². The van der Waals surface area contributed by atoms with Crippen molar-refractivity contribution in [3.63, 3.8) is 0 Å². The molecular weight excluding hydrogens is 1510 g/mol. The minimum Gasteiger partial charge on any atom is -0.305 e. The van der Waals surface area contributed by atoms with E-state index in [9.17, 15) is 0 Å². The van der Waals surface area contributed by atoms with Crippen molar-refractivity contribution < 1.29 is 20.1 Å². The molecule has 0 fully saturated rings. The van der Waals surface area contributed by atoms with E-state index in [1.54, 1.807) is 0 Å². The van der Waals surface area contributed by atoms with Gasteiger partial charge < -0.3 is 15.0 Å². The van der Waals surface area contributed by atoms with Crippen LogP contribution in [0.1, 0.15) is 101 Å². The number of aromatic nitrogens is 3. The van der Waals surface area contributed by atoms with Gasteiger partial charge in [-0.3, -0.25) is 0 Å². The maximum atomic E-state index is 5.06. The molecule has 3 nitrogen and oxygen atoms in total. The zero-order valence-corrected chi connectivity index (χ0v) is 65.7. The van der Waals surface area contributed by atoms with Gasteiger partial charge in [-0.1, -0.05) is 343 Å². The van der Waals surface area contributed by atoms with E-state index in [1.807, 2.05) is 30.7 Å². The van der Waals surface area contributed by atoms with Crippen LogP contribution in [0.2, 0.25) is 0 Å². The van der Waals surface area contributed by atoms with Crippen LogP contribution in [0, 0.1) is 18.2 Å². The number of pyridine rings is 3. The summed E-state index contributed by atoms with van der Waals surface area (Å²) in [7, 11) is 0. The summed E-state index contributed by atoms with van der Waals surface area (Å²) in [6, 6.07) is 124. The molecule has 3 aliphatic rings. The fourth-order valence-corrected chi connectivity index (χ4v) is 18.0. The van der Waals surface area contributed by atoms with Crippen LogP contribution in [-0.2, 0) is 41.8 Å². The molecule has 19 rings (SSSR count). The summed E-state index contributed by atoms with van der Waals surface area (Å²) in [6.45, 7) is 21.0. The third kappa shape index (κ3) is 11.7. The molecule has 4 heteroatoms. The number of rotatable bonds is 12. The molecule has 528 valence electrons. The fraction of sp³-hybridized carbons (Fsp3) is 0.123. The van der Waals surface area contributed by atoms with Gasteiger partial charge in [-0.25, -0.2) is 0 Å². The van der Waals surface area contributed by atoms with Gasteiger partial charge in [0.05, 0.1) is 0 Å². The first-order chi connectivity index (χ1) is 52.9. The maximum absolute atomic E-state index is 5.06. The van der Waals surface area contributed by atoms with E-state index in [1.165, 1.54) is 72.3 Å². The van der Waals surface area contributed by atoms with Crippen LogP contribution >= 0.6 is 0 Å². The number of hydrogen-bond donors (Lipinski definition) is 0. The Morgan fingerprint density at radius 2 is 0.518 bits per heavy atom. The maximum Gasteiger partial charge on any atom is 3.00 e. The molecule has 13 aromatic carbocycles. The van der Waals surface area contributed by atoms with Crippen LogP contribution in [-0.4, -0.2) is 15.0 Å². The number of fused-ring (bicyclic) bond motifs is 9. The van der Waals surface area contributed by atoms with Crippen molar-refractivity contribution in [2.75, 3.05) is 0 Å². The zero-order chi connectivity index (χ0) is 74.1. The predicted octanol–water partition coefficient (Wildman–Crippen LogP) is 27.5. The van der Waals surface area contributed by atoms with E-state index in [-0.39, 0.29) is 41.8 Å². The summed E-state index contributed by atoms with van der Waals surface area (Å²) in [5.41, 5.74) is 41.5. The van der Waals surface area contributed by atoms with E-state index in [4.69, 9.17) is 15.0 Å². The SMILES string of the molecule is CC(C)(C)c1ccnc(-c2[c-]cc(-c3ccccc3-c3cc(-c4ccccc4-c4c[c-]c(-c5ccccn5)cc4-c4ccc5c(c4)C(C)(C)c4ccccc4-5)cc(-c4ccccc4-c4c[c-]c(-c5ccccn5)cc4-c4ccc5c(c4)C(C)(C)c4ccccc4-5)c3)c(-c3ccc4c(c3)C(C)(C)c3ccccc3-4)c2)c1.[Ir+3]. The summed E-state index contributed by atoms with van der Waals surface area (Å²) < 4.78 is 0. The van der Waals surface area contributed by atoms with Gasteiger partial charge >= 0.3 is 20.1 Å². The van der Waals surface area contributed by atoms with Crippen molar-refractivity contribution in [2.24, 2.45) is 0 Å². The molecule has 0 amide bonds. The first-order valence-electron chi connectivity index (χ1n) is 38.1. The molecule has 0 radical (unpaired) electrons. The van der Waals surface area contributed by atoms with E-state index in [0.717, 1.165) is 134 Å². The van der Waals surface area contributed by atoms with Gasteiger partial charge in [-0.05, 0) is 181 Å². The van der Waals surface area contributed by atoms with E-state index < -0.39 is 0 Å². The van der Waals surface area contributed by atoms with Gasteiger partial charge in [0.15, 0.2) is 0 Å². The Labute approximate surface area is 660 Å². The van der Waals surface area contributed by atoms with Crippen LogP contribution in [0.25, 0.3) is 167 Å². The van der Waals surface area contributed by atoms with Crippen LogP contribution in [0.15, 0.2) is 322 Å². The van der Waals surface area contributed by atoms with Gasteiger partial charge in [-0.15, -0.1) is 71.3 Å². The van der Waals surface area contributed by atoms with Crippen molar-refractivity contribution in [3.05, 3.63) is 379 Å². The second-order valence-electron chi connectivity index (χ2n) is 32.4. The Morgan fingerprint density at radius 1 is 0.227 bits per heavy atom. The molecule has 0 N–H and O–H groups in total. The largest absolute Gasteiger partial charge is 3.00 e. The molecule has 110 heavy (non-hydrogen) atoms. The summed E-state index contributed by atoms with van der Waals surface area (Å²) in [5, 5.41) is 0. The minimum absolute atomic E-state index is 0. The van der Waals surface area contributed by atoms with Crippen LogP contribution in [0.5, 0.6) is 0 Å². The van der Waals surface area contributed by atoms with Crippen molar-refractivity contribution in [1.29, 1.82) is 0 Å². The number of nitrogens with zero attached hydrogens (tertiary/aromatic N) is 3. The Balaban J connectivity index is 0.00000849. The Hall–Kier alpha value is -12.0. The van der Waals surface area contributed by atoms with Crippen molar-refractivity contribution in [3.8, 4) is 167 Å². The fourth-order valence-electron chi connectivity index (χ4n) is 18.0. The van der Waals surface area contributed by atoms with Crippen molar-refractivity contribution in [1.82, 2.24) is 15.0 Å². The second-order valence-corrected chi connectivity index (χ2v) is 32.4. The molecule has 0 spiro atoms. The quantitative estimate of drug-likeness (QED) is 0.114. The molecule has 0 bridgehead atoms. The smallest absolute Gasteiger partial charge is 0.305 e. The minimum atomic E-state index is -0.217. The Kier molecular flexibility index (Phi) is 17.1. The van der Waals surface area contributed by atoms with Gasteiger partial charge in [0, 0.05) is 34.8 Å². The normalized spacial score (nSPS) is 13.6. The number of hydrogen-bond acceptors (Lipinski definition) is 3. The average Bonchev–Trinajstić information content (AvgIpc) is 1.61. The first-order valence-corrected chi connectivity index (χ1v) is 38.1. The standard InChI is InChI=1S/C106H80N3.Ir/c1-103(2,3)75-52-55-109-102(65-75)71-45-48-84(93(61-71)68-42-51-90-87-34-18-21-37-96(87)106(8,9)99(90)64-68)81-31-15-12-28-78(81)74-57-72(76-26-10-13-29-79(76)82-46-43-69(100-38-22-24-53-107-100)59-91(82)66-40-49-88-85-32-16-19-35-94(85)104(4,5)97(88)62-66)56-73(58-74)77-27-11-14-30-80(77)83-47-44-70(101-39-23-25-54-108-101)60-92(83)67-41-50-89-86-33-17-20-36-95(86)105(6,7)98(89)63-67;/h10-42,46-65H,1-9H3;/q-3;+3. The summed E-state index contributed by atoms with van der Waals surface area (Å²) in [6.07, 6.45) is 5.70. The molecule has 3 heterocycles.